The first kappa shape index (κ1) is 16.3. The van der Waals surface area contributed by atoms with E-state index in [1.54, 1.807) is 6.20 Å². The van der Waals surface area contributed by atoms with Gasteiger partial charge in [0.2, 0.25) is 0 Å². The minimum absolute atomic E-state index is 0.199. The fraction of sp³-hybridized carbons (Fsp3) is 0.167. The Morgan fingerprint density at radius 2 is 1.86 bits per heavy atom. The van der Waals surface area contributed by atoms with Crippen molar-refractivity contribution in [2.24, 2.45) is 0 Å². The van der Waals surface area contributed by atoms with Gasteiger partial charge in [-0.2, -0.15) is 0 Å². The van der Waals surface area contributed by atoms with E-state index in [1.165, 1.54) is 11.1 Å². The Morgan fingerprint density at radius 1 is 1.14 bits per heavy atom. The van der Waals surface area contributed by atoms with Crippen LogP contribution in [0.3, 0.4) is 0 Å². The monoisotopic (exact) mass is 358 g/mol. The van der Waals surface area contributed by atoms with Gasteiger partial charge in [-0.3, -0.25) is 0 Å². The van der Waals surface area contributed by atoms with Crippen molar-refractivity contribution >= 4 is 28.0 Å². The highest BCUT2D eigenvalue weighted by Gasteiger charge is 1.98. The summed E-state index contributed by atoms with van der Waals surface area (Å²) in [5.74, 6) is 0. The Hall–Kier alpha value is -2.07. The number of hydrogen-bond acceptors (Lipinski definition) is 1. The number of hydrogen-bond donors (Lipinski definition) is 2. The first-order chi connectivity index (χ1) is 10.6. The maximum absolute atomic E-state index is 11.7. The highest BCUT2D eigenvalue weighted by molar-refractivity contribution is 9.10. The molecule has 0 fully saturated rings. The molecular weight excluding hydrogens is 340 g/mol. The third kappa shape index (κ3) is 5.37. The summed E-state index contributed by atoms with van der Waals surface area (Å²) in [5, 5.41) is 5.54. The van der Waals surface area contributed by atoms with E-state index >= 15 is 0 Å². The molecule has 114 valence electrons. The van der Waals surface area contributed by atoms with Gasteiger partial charge in [0.15, 0.2) is 0 Å². The van der Waals surface area contributed by atoms with Crippen LogP contribution in [0.15, 0.2) is 59.2 Å². The molecule has 0 aromatic heterocycles. The zero-order chi connectivity index (χ0) is 15.8. The van der Waals surface area contributed by atoms with Crippen LogP contribution in [0.4, 0.5) is 4.79 Å². The van der Waals surface area contributed by atoms with Crippen molar-refractivity contribution in [2.75, 3.05) is 6.54 Å². The maximum Gasteiger partial charge on any atom is 0.318 e. The van der Waals surface area contributed by atoms with E-state index in [1.807, 2.05) is 30.3 Å². The Balaban J connectivity index is 1.72. The summed E-state index contributed by atoms with van der Waals surface area (Å²) in [6.45, 7) is 2.67. The lowest BCUT2D eigenvalue weighted by atomic mass is 10.1. The molecule has 0 aliphatic heterocycles. The van der Waals surface area contributed by atoms with E-state index < -0.39 is 0 Å². The number of carbonyl (C=O) groups is 1. The lowest BCUT2D eigenvalue weighted by Crippen LogP contribution is -2.33. The van der Waals surface area contributed by atoms with Crippen molar-refractivity contribution in [3.05, 3.63) is 75.9 Å². The van der Waals surface area contributed by atoms with E-state index in [0.29, 0.717) is 6.54 Å². The summed E-state index contributed by atoms with van der Waals surface area (Å²) in [4.78, 5) is 11.7. The Labute approximate surface area is 139 Å². The number of amides is 2. The van der Waals surface area contributed by atoms with Gasteiger partial charge in [0.25, 0.3) is 0 Å². The summed E-state index contributed by atoms with van der Waals surface area (Å²) in [5.41, 5.74) is 3.48. The Morgan fingerprint density at radius 3 is 2.59 bits per heavy atom. The van der Waals surface area contributed by atoms with Crippen LogP contribution in [0.25, 0.3) is 6.08 Å². The van der Waals surface area contributed by atoms with Crippen LogP contribution in [0, 0.1) is 6.92 Å². The summed E-state index contributed by atoms with van der Waals surface area (Å²) in [6.07, 6.45) is 4.31. The van der Waals surface area contributed by atoms with Crippen LogP contribution in [0.5, 0.6) is 0 Å². The van der Waals surface area contributed by atoms with Gasteiger partial charge in [-0.05, 0) is 36.6 Å². The second-order valence-electron chi connectivity index (χ2n) is 4.99. The lowest BCUT2D eigenvalue weighted by molar-refractivity contribution is 0.244. The molecule has 2 rings (SSSR count). The molecule has 0 saturated carbocycles. The van der Waals surface area contributed by atoms with Crippen LogP contribution in [-0.4, -0.2) is 12.6 Å². The molecule has 2 aromatic carbocycles. The van der Waals surface area contributed by atoms with Gasteiger partial charge < -0.3 is 10.6 Å². The number of rotatable bonds is 5. The SMILES string of the molecule is Cc1ccc(CCNC(=O)N/C=C/c2ccccc2Br)cc1. The van der Waals surface area contributed by atoms with Crippen LogP contribution < -0.4 is 10.6 Å². The minimum Gasteiger partial charge on any atom is -0.338 e. The van der Waals surface area contributed by atoms with Crippen LogP contribution in [0.2, 0.25) is 0 Å². The van der Waals surface area contributed by atoms with Crippen molar-refractivity contribution in [3.63, 3.8) is 0 Å². The summed E-state index contributed by atoms with van der Waals surface area (Å²) in [7, 11) is 0. The molecule has 4 heteroatoms. The predicted octanol–water partition coefficient (Wildman–Crippen LogP) is 4.27. The highest BCUT2D eigenvalue weighted by atomic mass is 79.9. The van der Waals surface area contributed by atoms with E-state index in [9.17, 15) is 4.79 Å². The molecule has 0 aliphatic carbocycles. The van der Waals surface area contributed by atoms with E-state index in [2.05, 4.69) is 57.8 Å². The number of urea groups is 1. The Kier molecular flexibility index (Phi) is 6.22. The molecule has 0 unspecified atom stereocenters. The molecule has 2 aromatic rings. The first-order valence-corrected chi connectivity index (χ1v) is 7.95. The molecule has 0 atom stereocenters. The van der Waals surface area contributed by atoms with E-state index in [4.69, 9.17) is 0 Å². The van der Waals surface area contributed by atoms with Gasteiger partial charge >= 0.3 is 6.03 Å². The molecule has 0 heterocycles. The van der Waals surface area contributed by atoms with Crippen molar-refractivity contribution in [2.45, 2.75) is 13.3 Å². The largest absolute Gasteiger partial charge is 0.338 e. The first-order valence-electron chi connectivity index (χ1n) is 7.16. The van der Waals surface area contributed by atoms with Crippen molar-refractivity contribution in [1.29, 1.82) is 0 Å². The van der Waals surface area contributed by atoms with Gasteiger partial charge in [0.1, 0.15) is 0 Å². The third-order valence-electron chi connectivity index (χ3n) is 3.20. The van der Waals surface area contributed by atoms with Gasteiger partial charge in [0.05, 0.1) is 0 Å². The molecule has 2 N–H and O–H groups in total. The lowest BCUT2D eigenvalue weighted by Gasteiger charge is -2.05. The second-order valence-corrected chi connectivity index (χ2v) is 5.85. The standard InChI is InChI=1S/C18H19BrN2O/c1-14-6-8-15(9-7-14)10-12-20-18(22)21-13-11-16-4-2-3-5-17(16)19/h2-9,11,13H,10,12H2,1H3,(H2,20,21,22)/b13-11+. The quantitative estimate of drug-likeness (QED) is 0.823. The summed E-state index contributed by atoms with van der Waals surface area (Å²) >= 11 is 3.46. The average Bonchev–Trinajstić information content (AvgIpc) is 2.51. The van der Waals surface area contributed by atoms with Crippen LogP contribution >= 0.6 is 15.9 Å². The topological polar surface area (TPSA) is 41.1 Å². The number of nitrogens with one attached hydrogen (secondary N) is 2. The maximum atomic E-state index is 11.7. The van der Waals surface area contributed by atoms with Gasteiger partial charge in [0, 0.05) is 17.2 Å². The van der Waals surface area contributed by atoms with Crippen LogP contribution in [-0.2, 0) is 6.42 Å². The zero-order valence-electron chi connectivity index (χ0n) is 12.5. The zero-order valence-corrected chi connectivity index (χ0v) is 14.1. The van der Waals surface area contributed by atoms with Crippen molar-refractivity contribution in [3.8, 4) is 0 Å². The van der Waals surface area contributed by atoms with Crippen molar-refractivity contribution < 1.29 is 4.79 Å². The molecule has 3 nitrogen and oxygen atoms in total. The number of halogens is 1. The fourth-order valence-corrected chi connectivity index (χ4v) is 2.36. The second kappa shape index (κ2) is 8.39. The highest BCUT2D eigenvalue weighted by Crippen LogP contribution is 2.16. The molecule has 0 spiro atoms. The fourth-order valence-electron chi connectivity index (χ4n) is 1.94. The molecular formula is C18H19BrN2O. The van der Waals surface area contributed by atoms with E-state index in [0.717, 1.165) is 16.5 Å². The predicted molar refractivity (Wildman–Crippen MR) is 94.6 cm³/mol. The number of carbonyl (C=O) groups excluding carboxylic acids is 1. The molecule has 22 heavy (non-hydrogen) atoms. The Bertz CT molecular complexity index is 650. The molecule has 0 aliphatic rings. The summed E-state index contributed by atoms with van der Waals surface area (Å²) in [6, 6.07) is 16.0. The van der Waals surface area contributed by atoms with Gasteiger partial charge in [-0.1, -0.05) is 64.0 Å². The summed E-state index contributed by atoms with van der Waals surface area (Å²) < 4.78 is 0.993. The molecule has 0 radical (unpaired) electrons. The van der Waals surface area contributed by atoms with E-state index in [-0.39, 0.29) is 6.03 Å². The molecule has 2 amide bonds. The average molecular weight is 359 g/mol. The third-order valence-corrected chi connectivity index (χ3v) is 3.92. The van der Waals surface area contributed by atoms with Crippen molar-refractivity contribution in [1.82, 2.24) is 10.6 Å². The van der Waals surface area contributed by atoms with Gasteiger partial charge in [-0.15, -0.1) is 0 Å². The number of benzene rings is 2. The van der Waals surface area contributed by atoms with Gasteiger partial charge in [-0.25, -0.2) is 4.79 Å². The molecule has 0 bridgehead atoms. The molecule has 0 saturated heterocycles. The normalized spacial score (nSPS) is 10.6. The smallest absolute Gasteiger partial charge is 0.318 e. The minimum atomic E-state index is -0.199. The van der Waals surface area contributed by atoms with Crippen LogP contribution in [0.1, 0.15) is 16.7 Å². The number of aryl methyl sites for hydroxylation is 1.